The van der Waals surface area contributed by atoms with E-state index in [-0.39, 0.29) is 5.75 Å². The van der Waals surface area contributed by atoms with Gasteiger partial charge in [-0.05, 0) is 38.1 Å². The van der Waals surface area contributed by atoms with E-state index < -0.39 is 9.84 Å². The van der Waals surface area contributed by atoms with Crippen LogP contribution in [-0.2, 0) is 9.84 Å². The lowest BCUT2D eigenvalue weighted by atomic mass is 9.84. The molecule has 0 radical (unpaired) electrons. The van der Waals surface area contributed by atoms with E-state index in [1.807, 2.05) is 0 Å². The van der Waals surface area contributed by atoms with E-state index in [2.05, 4.69) is 12.2 Å². The fourth-order valence-corrected chi connectivity index (χ4v) is 3.56. The van der Waals surface area contributed by atoms with Crippen molar-refractivity contribution in [1.82, 2.24) is 5.32 Å². The van der Waals surface area contributed by atoms with Gasteiger partial charge in [-0.15, -0.1) is 0 Å². The van der Waals surface area contributed by atoms with Crippen LogP contribution in [0.5, 0.6) is 0 Å². The average Bonchev–Trinajstić information content (AvgIpc) is 2.35. The first-order valence-electron chi connectivity index (χ1n) is 7.01. The Morgan fingerprint density at radius 2 is 2.00 bits per heavy atom. The SMILES string of the molecule is CCCNC1CCCC(CCS(=O)(=O)CC)C1. The van der Waals surface area contributed by atoms with Gasteiger partial charge in [0.05, 0.1) is 5.75 Å². The first kappa shape index (κ1) is 15.0. The second-order valence-corrected chi connectivity index (χ2v) is 7.68. The van der Waals surface area contributed by atoms with E-state index in [0.29, 0.717) is 17.7 Å². The highest BCUT2D eigenvalue weighted by Gasteiger charge is 2.22. The Balaban J connectivity index is 2.29. The van der Waals surface area contributed by atoms with E-state index in [9.17, 15) is 8.42 Å². The Morgan fingerprint density at radius 3 is 2.65 bits per heavy atom. The lowest BCUT2D eigenvalue weighted by Gasteiger charge is -2.29. The van der Waals surface area contributed by atoms with Crippen molar-refractivity contribution in [1.29, 1.82) is 0 Å². The molecule has 4 heteroatoms. The second kappa shape index (κ2) is 7.37. The summed E-state index contributed by atoms with van der Waals surface area (Å²) < 4.78 is 23.0. The molecule has 0 bridgehead atoms. The van der Waals surface area contributed by atoms with Crippen LogP contribution >= 0.6 is 0 Å². The van der Waals surface area contributed by atoms with Crippen molar-refractivity contribution >= 4 is 9.84 Å². The van der Waals surface area contributed by atoms with E-state index in [4.69, 9.17) is 0 Å². The molecule has 3 nitrogen and oxygen atoms in total. The molecule has 0 aromatic carbocycles. The molecule has 1 saturated carbocycles. The van der Waals surface area contributed by atoms with Crippen LogP contribution in [0.2, 0.25) is 0 Å². The maximum absolute atomic E-state index is 11.5. The monoisotopic (exact) mass is 261 g/mol. The smallest absolute Gasteiger partial charge is 0.150 e. The summed E-state index contributed by atoms with van der Waals surface area (Å²) >= 11 is 0. The first-order chi connectivity index (χ1) is 8.07. The Bertz CT molecular complexity index is 301. The lowest BCUT2D eigenvalue weighted by molar-refractivity contribution is 0.280. The summed E-state index contributed by atoms with van der Waals surface area (Å²) in [4.78, 5) is 0. The molecule has 0 heterocycles. The zero-order valence-electron chi connectivity index (χ0n) is 11.2. The Morgan fingerprint density at radius 1 is 1.24 bits per heavy atom. The summed E-state index contributed by atoms with van der Waals surface area (Å²) in [6, 6.07) is 0.623. The molecule has 0 amide bonds. The molecule has 1 aliphatic carbocycles. The molecule has 2 unspecified atom stereocenters. The molecule has 0 aromatic rings. The van der Waals surface area contributed by atoms with Gasteiger partial charge in [0.15, 0.2) is 0 Å². The van der Waals surface area contributed by atoms with Gasteiger partial charge in [0.1, 0.15) is 9.84 Å². The number of sulfone groups is 1. The van der Waals surface area contributed by atoms with Crippen molar-refractivity contribution in [3.8, 4) is 0 Å². The van der Waals surface area contributed by atoms with Crippen LogP contribution < -0.4 is 5.32 Å². The third-order valence-corrected chi connectivity index (χ3v) is 5.48. The fourth-order valence-electron chi connectivity index (χ4n) is 2.58. The summed E-state index contributed by atoms with van der Waals surface area (Å²) in [6.07, 6.45) is 6.92. The first-order valence-corrected chi connectivity index (χ1v) is 8.83. The highest BCUT2D eigenvalue weighted by molar-refractivity contribution is 7.91. The predicted molar refractivity (Wildman–Crippen MR) is 73.0 cm³/mol. The normalized spacial score (nSPS) is 26.0. The van der Waals surface area contributed by atoms with Gasteiger partial charge in [-0.3, -0.25) is 0 Å². The molecule has 0 aliphatic heterocycles. The van der Waals surface area contributed by atoms with Crippen molar-refractivity contribution in [2.45, 2.75) is 58.4 Å². The second-order valence-electron chi connectivity index (χ2n) is 5.21. The molecule has 1 fully saturated rings. The fraction of sp³-hybridized carbons (Fsp3) is 1.00. The average molecular weight is 261 g/mol. The zero-order valence-corrected chi connectivity index (χ0v) is 12.1. The predicted octanol–water partition coefficient (Wildman–Crippen LogP) is 2.37. The van der Waals surface area contributed by atoms with Gasteiger partial charge in [0.25, 0.3) is 0 Å². The molecule has 0 spiro atoms. The summed E-state index contributed by atoms with van der Waals surface area (Å²) in [6.45, 7) is 5.01. The van der Waals surface area contributed by atoms with Crippen LogP contribution in [0.25, 0.3) is 0 Å². The van der Waals surface area contributed by atoms with Crippen LogP contribution in [0.1, 0.15) is 52.4 Å². The summed E-state index contributed by atoms with van der Waals surface area (Å²) in [5, 5.41) is 3.56. The molecule has 17 heavy (non-hydrogen) atoms. The molecule has 1 aliphatic rings. The summed E-state index contributed by atoms with van der Waals surface area (Å²) in [7, 11) is -2.77. The van der Waals surface area contributed by atoms with Gasteiger partial charge in [-0.2, -0.15) is 0 Å². The molecule has 1 N–H and O–H groups in total. The minimum atomic E-state index is -2.77. The standard InChI is InChI=1S/C13H27NO2S/c1-3-9-14-13-7-5-6-12(11-13)8-10-17(15,16)4-2/h12-14H,3-11H2,1-2H3. The van der Waals surface area contributed by atoms with Crippen LogP contribution in [0.3, 0.4) is 0 Å². The van der Waals surface area contributed by atoms with Gasteiger partial charge in [-0.25, -0.2) is 8.42 Å². The number of rotatable bonds is 7. The van der Waals surface area contributed by atoms with Crippen LogP contribution in [0.15, 0.2) is 0 Å². The van der Waals surface area contributed by atoms with Crippen molar-refractivity contribution in [2.75, 3.05) is 18.1 Å². The molecule has 0 aromatic heterocycles. The lowest BCUT2D eigenvalue weighted by Crippen LogP contribution is -2.35. The minimum Gasteiger partial charge on any atom is -0.314 e. The largest absolute Gasteiger partial charge is 0.314 e. The van der Waals surface area contributed by atoms with Crippen LogP contribution in [0.4, 0.5) is 0 Å². The highest BCUT2D eigenvalue weighted by atomic mass is 32.2. The van der Waals surface area contributed by atoms with Gasteiger partial charge in [0, 0.05) is 11.8 Å². The van der Waals surface area contributed by atoms with Gasteiger partial charge < -0.3 is 5.32 Å². The van der Waals surface area contributed by atoms with Crippen LogP contribution in [0, 0.1) is 5.92 Å². The number of hydrogen-bond donors (Lipinski definition) is 1. The highest BCUT2D eigenvalue weighted by Crippen LogP contribution is 2.27. The third kappa shape index (κ3) is 5.87. The molecule has 1 rings (SSSR count). The van der Waals surface area contributed by atoms with Gasteiger partial charge in [0.2, 0.25) is 0 Å². The molecule has 0 saturated heterocycles. The Hall–Kier alpha value is -0.0900. The molecule has 102 valence electrons. The minimum absolute atomic E-state index is 0.289. The van der Waals surface area contributed by atoms with E-state index in [1.54, 1.807) is 6.92 Å². The Kier molecular flexibility index (Phi) is 6.49. The number of nitrogens with one attached hydrogen (secondary N) is 1. The van der Waals surface area contributed by atoms with Crippen molar-refractivity contribution in [2.24, 2.45) is 5.92 Å². The third-order valence-electron chi connectivity index (χ3n) is 3.74. The van der Waals surface area contributed by atoms with Crippen LogP contribution in [-0.4, -0.2) is 32.5 Å². The van der Waals surface area contributed by atoms with Crippen molar-refractivity contribution < 1.29 is 8.42 Å². The zero-order chi connectivity index (χ0) is 12.7. The number of hydrogen-bond acceptors (Lipinski definition) is 3. The topological polar surface area (TPSA) is 46.2 Å². The summed E-state index contributed by atoms with van der Waals surface area (Å²) in [5.41, 5.74) is 0. The van der Waals surface area contributed by atoms with E-state index >= 15 is 0 Å². The molecule has 2 atom stereocenters. The molecular weight excluding hydrogens is 234 g/mol. The summed E-state index contributed by atoms with van der Waals surface area (Å²) in [5.74, 6) is 1.28. The quantitative estimate of drug-likeness (QED) is 0.765. The maximum atomic E-state index is 11.5. The van der Waals surface area contributed by atoms with Gasteiger partial charge in [-0.1, -0.05) is 26.7 Å². The van der Waals surface area contributed by atoms with Gasteiger partial charge >= 0.3 is 0 Å². The van der Waals surface area contributed by atoms with E-state index in [0.717, 1.165) is 13.0 Å². The Labute approximate surface area is 106 Å². The maximum Gasteiger partial charge on any atom is 0.150 e. The van der Waals surface area contributed by atoms with Crippen molar-refractivity contribution in [3.63, 3.8) is 0 Å². The van der Waals surface area contributed by atoms with Crippen molar-refractivity contribution in [3.05, 3.63) is 0 Å². The van der Waals surface area contributed by atoms with E-state index in [1.165, 1.54) is 32.1 Å². The molecular formula is C13H27NO2S.